The second kappa shape index (κ2) is 6.40. The number of thioether (sulfide) groups is 1. The van der Waals surface area contributed by atoms with Gasteiger partial charge in [-0.2, -0.15) is 0 Å². The molecule has 2 atom stereocenters. The van der Waals surface area contributed by atoms with Crippen molar-refractivity contribution in [3.05, 3.63) is 23.2 Å². The molecule has 0 saturated carbocycles. The van der Waals surface area contributed by atoms with Crippen LogP contribution in [0.3, 0.4) is 0 Å². The molecular formula is C18H22ClN3O2S. The fraction of sp³-hybridized carbons (Fsp3) is 0.556. The first-order chi connectivity index (χ1) is 12.0. The largest absolute Gasteiger partial charge is 0.370 e. The number of benzene rings is 1. The number of amides is 2. The van der Waals surface area contributed by atoms with Crippen molar-refractivity contribution in [1.82, 2.24) is 4.90 Å². The first-order valence-corrected chi connectivity index (χ1v) is 10.2. The van der Waals surface area contributed by atoms with Gasteiger partial charge in [0.05, 0.1) is 16.2 Å². The molecule has 3 aliphatic heterocycles. The normalized spacial score (nSPS) is 28.6. The van der Waals surface area contributed by atoms with Gasteiger partial charge in [-0.15, -0.1) is 11.8 Å². The van der Waals surface area contributed by atoms with Gasteiger partial charge < -0.3 is 15.1 Å². The summed E-state index contributed by atoms with van der Waals surface area (Å²) in [5.74, 6) is 0.612. The van der Waals surface area contributed by atoms with Crippen LogP contribution in [0.2, 0.25) is 5.02 Å². The Hall–Kier alpha value is -1.40. The minimum Gasteiger partial charge on any atom is -0.370 e. The molecular weight excluding hydrogens is 358 g/mol. The van der Waals surface area contributed by atoms with E-state index in [1.54, 1.807) is 22.7 Å². The summed E-state index contributed by atoms with van der Waals surface area (Å²) in [6.45, 7) is 4.05. The van der Waals surface area contributed by atoms with Crippen LogP contribution in [0.4, 0.5) is 11.4 Å². The summed E-state index contributed by atoms with van der Waals surface area (Å²) in [7, 11) is 0. The standard InChI is InChI=1S/C18H22ClN3O2S/c1-18-7-6-16(23)22(18)15(11-25-18)17(24)20-13-10-12(19)4-5-14(13)21-8-2-3-9-21/h4-5,10,15H,2-3,6-9,11H2,1H3,(H,20,24)/t15-,18+/m1/s1. The SMILES string of the molecule is C[C@]12CCC(=O)N1[C@@H](C(=O)Nc1cc(Cl)ccc1N1CCCC1)CS2. The van der Waals surface area contributed by atoms with E-state index in [1.807, 2.05) is 12.1 Å². The van der Waals surface area contributed by atoms with Gasteiger partial charge in [0.15, 0.2) is 0 Å². The molecule has 2 amide bonds. The van der Waals surface area contributed by atoms with Crippen LogP contribution < -0.4 is 10.2 Å². The van der Waals surface area contributed by atoms with Crippen molar-refractivity contribution in [3.8, 4) is 0 Å². The molecule has 1 N–H and O–H groups in total. The van der Waals surface area contributed by atoms with Crippen LogP contribution in [0.15, 0.2) is 18.2 Å². The summed E-state index contributed by atoms with van der Waals surface area (Å²) >= 11 is 7.87. The molecule has 1 aromatic carbocycles. The molecule has 7 heteroatoms. The first kappa shape index (κ1) is 17.0. The molecule has 1 aromatic rings. The quantitative estimate of drug-likeness (QED) is 0.875. The molecule has 3 saturated heterocycles. The molecule has 134 valence electrons. The van der Waals surface area contributed by atoms with E-state index in [0.717, 1.165) is 43.7 Å². The number of nitrogens with zero attached hydrogens (tertiary/aromatic N) is 2. The fourth-order valence-corrected chi connectivity index (χ4v) is 5.68. The summed E-state index contributed by atoms with van der Waals surface area (Å²) < 4.78 is 0. The summed E-state index contributed by atoms with van der Waals surface area (Å²) in [5, 5.41) is 3.65. The van der Waals surface area contributed by atoms with Crippen molar-refractivity contribution < 1.29 is 9.59 Å². The fourth-order valence-electron chi connectivity index (χ4n) is 4.07. The number of hydrogen-bond donors (Lipinski definition) is 1. The molecule has 0 unspecified atom stereocenters. The van der Waals surface area contributed by atoms with E-state index in [0.29, 0.717) is 17.2 Å². The van der Waals surface area contributed by atoms with E-state index in [1.165, 1.54) is 0 Å². The Morgan fingerprint density at radius 3 is 2.88 bits per heavy atom. The number of anilines is 2. The molecule has 5 nitrogen and oxygen atoms in total. The van der Waals surface area contributed by atoms with Crippen molar-refractivity contribution in [3.63, 3.8) is 0 Å². The summed E-state index contributed by atoms with van der Waals surface area (Å²) in [5.41, 5.74) is 1.75. The van der Waals surface area contributed by atoms with Crippen molar-refractivity contribution >= 4 is 46.6 Å². The van der Waals surface area contributed by atoms with Crippen molar-refractivity contribution in [2.24, 2.45) is 0 Å². The van der Waals surface area contributed by atoms with E-state index >= 15 is 0 Å². The van der Waals surface area contributed by atoms with Crippen LogP contribution in [0.5, 0.6) is 0 Å². The lowest BCUT2D eigenvalue weighted by atomic mass is 10.2. The topological polar surface area (TPSA) is 52.7 Å². The smallest absolute Gasteiger partial charge is 0.248 e. The lowest BCUT2D eigenvalue weighted by Crippen LogP contribution is -2.48. The predicted molar refractivity (Wildman–Crippen MR) is 102 cm³/mol. The zero-order valence-electron chi connectivity index (χ0n) is 14.3. The second-order valence-corrected chi connectivity index (χ2v) is 9.05. The van der Waals surface area contributed by atoms with Gasteiger partial charge in [0.1, 0.15) is 6.04 Å². The molecule has 3 aliphatic rings. The Bertz CT molecular complexity index is 722. The van der Waals surface area contributed by atoms with E-state index in [4.69, 9.17) is 11.6 Å². The van der Waals surface area contributed by atoms with Gasteiger partial charge in [-0.05, 0) is 44.4 Å². The summed E-state index contributed by atoms with van der Waals surface area (Å²) in [4.78, 5) is 29.0. The third kappa shape index (κ3) is 2.99. The highest BCUT2D eigenvalue weighted by Gasteiger charge is 2.52. The number of hydrogen-bond acceptors (Lipinski definition) is 4. The molecule has 4 rings (SSSR count). The van der Waals surface area contributed by atoms with Crippen LogP contribution in [-0.4, -0.2) is 46.5 Å². The molecule has 3 fully saturated rings. The highest BCUT2D eigenvalue weighted by atomic mass is 35.5. The Morgan fingerprint density at radius 1 is 1.36 bits per heavy atom. The van der Waals surface area contributed by atoms with Crippen molar-refractivity contribution in [2.75, 3.05) is 29.1 Å². The van der Waals surface area contributed by atoms with E-state index in [9.17, 15) is 9.59 Å². The number of halogens is 1. The summed E-state index contributed by atoms with van der Waals surface area (Å²) in [6, 6.07) is 5.23. The Labute approximate surface area is 157 Å². The highest BCUT2D eigenvalue weighted by Crippen LogP contribution is 2.47. The third-order valence-electron chi connectivity index (χ3n) is 5.41. The number of fused-ring (bicyclic) bond motifs is 1. The average molecular weight is 380 g/mol. The minimum atomic E-state index is -0.407. The van der Waals surface area contributed by atoms with Gasteiger partial charge in [0.2, 0.25) is 11.8 Å². The first-order valence-electron chi connectivity index (χ1n) is 8.79. The van der Waals surface area contributed by atoms with Gasteiger partial charge in [-0.1, -0.05) is 11.6 Å². The number of carbonyl (C=O) groups excluding carboxylic acids is 2. The molecule has 3 heterocycles. The molecule has 0 aliphatic carbocycles. The van der Waals surface area contributed by atoms with Gasteiger partial charge in [-0.3, -0.25) is 9.59 Å². The van der Waals surface area contributed by atoms with Crippen LogP contribution in [0.25, 0.3) is 0 Å². The van der Waals surface area contributed by atoms with Crippen LogP contribution >= 0.6 is 23.4 Å². The molecule has 0 radical (unpaired) electrons. The monoisotopic (exact) mass is 379 g/mol. The number of carbonyl (C=O) groups is 2. The average Bonchev–Trinajstić information content (AvgIpc) is 3.26. The van der Waals surface area contributed by atoms with E-state index in [-0.39, 0.29) is 16.7 Å². The number of nitrogens with one attached hydrogen (secondary N) is 1. The molecule has 0 bridgehead atoms. The highest BCUT2D eigenvalue weighted by molar-refractivity contribution is 8.01. The van der Waals surface area contributed by atoms with E-state index < -0.39 is 6.04 Å². The number of rotatable bonds is 3. The lowest BCUT2D eigenvalue weighted by Gasteiger charge is -2.30. The van der Waals surface area contributed by atoms with Gasteiger partial charge in [-0.25, -0.2) is 0 Å². The Morgan fingerprint density at radius 2 is 2.12 bits per heavy atom. The van der Waals surface area contributed by atoms with E-state index in [2.05, 4.69) is 17.1 Å². The van der Waals surface area contributed by atoms with Gasteiger partial charge in [0.25, 0.3) is 0 Å². The zero-order valence-corrected chi connectivity index (χ0v) is 15.8. The third-order valence-corrected chi connectivity index (χ3v) is 7.15. The van der Waals surface area contributed by atoms with Crippen molar-refractivity contribution in [2.45, 2.75) is 43.5 Å². The van der Waals surface area contributed by atoms with Gasteiger partial charge in [0, 0.05) is 30.3 Å². The minimum absolute atomic E-state index is 0.0820. The maximum atomic E-state index is 12.9. The Kier molecular flexibility index (Phi) is 4.36. The Balaban J connectivity index is 1.57. The van der Waals surface area contributed by atoms with Crippen LogP contribution in [-0.2, 0) is 9.59 Å². The van der Waals surface area contributed by atoms with Gasteiger partial charge >= 0.3 is 0 Å². The molecule has 0 aromatic heterocycles. The van der Waals surface area contributed by atoms with Crippen LogP contribution in [0.1, 0.15) is 32.6 Å². The van der Waals surface area contributed by atoms with Crippen LogP contribution in [0, 0.1) is 0 Å². The van der Waals surface area contributed by atoms with Crippen molar-refractivity contribution in [1.29, 1.82) is 0 Å². The maximum Gasteiger partial charge on any atom is 0.248 e. The molecule has 0 spiro atoms. The second-order valence-electron chi connectivity index (χ2n) is 7.11. The molecule has 25 heavy (non-hydrogen) atoms. The predicted octanol–water partition coefficient (Wildman–Crippen LogP) is 3.33. The lowest BCUT2D eigenvalue weighted by molar-refractivity contribution is -0.135. The summed E-state index contributed by atoms with van der Waals surface area (Å²) in [6.07, 6.45) is 3.67. The zero-order chi connectivity index (χ0) is 17.6. The maximum absolute atomic E-state index is 12.9.